The van der Waals surface area contributed by atoms with E-state index in [0.29, 0.717) is 0 Å². The highest BCUT2D eigenvalue weighted by Gasteiger charge is 2.15. The second-order valence-electron chi connectivity index (χ2n) is 3.04. The molecular weight excluding hydrogens is 127 g/mol. The zero-order valence-corrected chi connectivity index (χ0v) is 7.55. The number of rotatable bonds is 2. The van der Waals surface area contributed by atoms with Crippen LogP contribution in [0.3, 0.4) is 0 Å². The molecule has 1 rings (SSSR count). The van der Waals surface area contributed by atoms with Crippen LogP contribution in [0.25, 0.3) is 0 Å². The zero-order chi connectivity index (χ0) is 6.53. The highest BCUT2D eigenvalue weighted by molar-refractivity contribution is 7.38. The summed E-state index contributed by atoms with van der Waals surface area (Å²) in [6.07, 6.45) is 9.16. The van der Waals surface area contributed by atoms with Crippen LogP contribution in [-0.4, -0.2) is 11.8 Å². The molecule has 1 aliphatic rings. The molecule has 1 atom stereocenters. The van der Waals surface area contributed by atoms with Gasteiger partial charge in [0.1, 0.15) is 0 Å². The van der Waals surface area contributed by atoms with E-state index in [4.69, 9.17) is 0 Å². The van der Waals surface area contributed by atoms with Crippen LogP contribution in [0.4, 0.5) is 0 Å². The summed E-state index contributed by atoms with van der Waals surface area (Å²) in [4.78, 5) is 0. The van der Waals surface area contributed by atoms with E-state index in [0.717, 1.165) is 8.58 Å². The summed E-state index contributed by atoms with van der Waals surface area (Å²) in [5.41, 5.74) is 1.18. The van der Waals surface area contributed by atoms with Crippen molar-refractivity contribution in [2.24, 2.45) is 0 Å². The van der Waals surface area contributed by atoms with Crippen LogP contribution in [0, 0.1) is 0 Å². The molecule has 0 radical (unpaired) electrons. The van der Waals surface area contributed by atoms with Gasteiger partial charge in [-0.2, -0.15) is 0 Å². The Balaban J connectivity index is 2.08. The van der Waals surface area contributed by atoms with Gasteiger partial charge in [-0.25, -0.2) is 0 Å². The van der Waals surface area contributed by atoms with E-state index in [1.165, 1.54) is 31.1 Å². The predicted octanol–water partition coefficient (Wildman–Crippen LogP) is 2.75. The Labute approximate surface area is 60.2 Å². The van der Waals surface area contributed by atoms with Gasteiger partial charge in [-0.05, 0) is 41.2 Å². The van der Waals surface area contributed by atoms with E-state index in [1.807, 2.05) is 0 Å². The quantitative estimate of drug-likeness (QED) is 0.524. The van der Waals surface area contributed by atoms with Gasteiger partial charge in [0, 0.05) is 0 Å². The smallest absolute Gasteiger partial charge is 0.0530 e. The van der Waals surface area contributed by atoms with Gasteiger partial charge in [0.2, 0.25) is 0 Å². The van der Waals surface area contributed by atoms with E-state index >= 15 is 0 Å². The molecule has 0 bridgehead atoms. The third-order valence-electron chi connectivity index (χ3n) is 2.22. The molecule has 1 fully saturated rings. The summed E-state index contributed by atoms with van der Waals surface area (Å²) in [5.74, 6) is 0. The lowest BCUT2D eigenvalue weighted by molar-refractivity contribution is 0.513. The summed E-state index contributed by atoms with van der Waals surface area (Å²) in [6.45, 7) is 2.34. The molecule has 0 amide bonds. The Morgan fingerprint density at radius 2 is 1.89 bits per heavy atom. The maximum absolute atomic E-state index is 2.34. The maximum atomic E-state index is 2.34. The number of hydrogen-bond acceptors (Lipinski definition) is 0. The van der Waals surface area contributed by atoms with Gasteiger partial charge >= 0.3 is 0 Å². The third-order valence-corrected chi connectivity index (χ3v) is 4.02. The average molecular weight is 145 g/mol. The molecule has 54 valence electrons. The molecular formula is C8H18P+. The minimum atomic E-state index is 0.820. The first-order chi connectivity index (χ1) is 4.43. The first kappa shape index (κ1) is 7.54. The first-order valence-electron chi connectivity index (χ1n) is 4.27. The lowest BCUT2D eigenvalue weighted by Crippen LogP contribution is -2.06. The topological polar surface area (TPSA) is 0 Å². The van der Waals surface area contributed by atoms with Crippen molar-refractivity contribution in [1.82, 2.24) is 0 Å². The maximum Gasteiger partial charge on any atom is 0.0652 e. The number of hydrogen-bond donors (Lipinski definition) is 0. The van der Waals surface area contributed by atoms with Crippen molar-refractivity contribution in [3.8, 4) is 0 Å². The summed E-state index contributed by atoms with van der Waals surface area (Å²) < 4.78 is 0. The highest BCUT2D eigenvalue weighted by atomic mass is 31.1. The van der Waals surface area contributed by atoms with Crippen LogP contribution in [0.5, 0.6) is 0 Å². The highest BCUT2D eigenvalue weighted by Crippen LogP contribution is 2.31. The van der Waals surface area contributed by atoms with Crippen molar-refractivity contribution in [3.05, 3.63) is 0 Å². The summed E-state index contributed by atoms with van der Waals surface area (Å²) >= 11 is 0. The van der Waals surface area contributed by atoms with Gasteiger partial charge in [0.05, 0.1) is 11.8 Å². The van der Waals surface area contributed by atoms with Crippen LogP contribution in [0.15, 0.2) is 0 Å². The Bertz CT molecular complexity index is 62.2. The largest absolute Gasteiger partial charge is 0.0652 e. The van der Waals surface area contributed by atoms with E-state index in [1.54, 1.807) is 12.8 Å². The standard InChI is InChI=1S/C8H17P/c1-2-9-8-6-4-3-5-7-8/h8-9H,2-7H2,1H3/p+1. The van der Waals surface area contributed by atoms with Gasteiger partial charge < -0.3 is 0 Å². The van der Waals surface area contributed by atoms with E-state index < -0.39 is 0 Å². The molecule has 1 unspecified atom stereocenters. The van der Waals surface area contributed by atoms with Crippen molar-refractivity contribution in [2.75, 3.05) is 6.16 Å². The molecule has 0 aromatic heterocycles. The van der Waals surface area contributed by atoms with Crippen LogP contribution in [-0.2, 0) is 0 Å². The summed E-state index contributed by atoms with van der Waals surface area (Å²) in [6, 6.07) is 0. The molecule has 0 aliphatic heterocycles. The Morgan fingerprint density at radius 1 is 1.22 bits per heavy atom. The SMILES string of the molecule is CC[PH2+]C1CCCCC1. The van der Waals surface area contributed by atoms with E-state index in [-0.39, 0.29) is 0 Å². The lowest BCUT2D eigenvalue weighted by Gasteiger charge is -2.15. The molecule has 0 N–H and O–H groups in total. The molecule has 1 aliphatic carbocycles. The second-order valence-corrected chi connectivity index (χ2v) is 5.27. The monoisotopic (exact) mass is 145 g/mol. The van der Waals surface area contributed by atoms with Crippen molar-refractivity contribution in [2.45, 2.75) is 44.7 Å². The fourth-order valence-electron chi connectivity index (χ4n) is 1.70. The van der Waals surface area contributed by atoms with Crippen molar-refractivity contribution in [1.29, 1.82) is 0 Å². The minimum absolute atomic E-state index is 0.820. The van der Waals surface area contributed by atoms with Gasteiger partial charge in [-0.15, -0.1) is 0 Å². The molecule has 0 heterocycles. The van der Waals surface area contributed by atoms with Gasteiger partial charge in [0.15, 0.2) is 0 Å². The molecule has 0 nitrogen and oxygen atoms in total. The normalized spacial score (nSPS) is 23.7. The van der Waals surface area contributed by atoms with Crippen LogP contribution >= 0.6 is 8.58 Å². The van der Waals surface area contributed by atoms with Crippen molar-refractivity contribution >= 4 is 8.58 Å². The second kappa shape index (κ2) is 4.28. The summed E-state index contributed by atoms with van der Waals surface area (Å²) in [5, 5.41) is 0. The van der Waals surface area contributed by atoms with Gasteiger partial charge in [-0.1, -0.05) is 6.42 Å². The minimum Gasteiger partial charge on any atom is -0.0530 e. The van der Waals surface area contributed by atoms with Gasteiger partial charge in [0.25, 0.3) is 0 Å². The van der Waals surface area contributed by atoms with E-state index in [9.17, 15) is 0 Å². The van der Waals surface area contributed by atoms with Crippen LogP contribution in [0.1, 0.15) is 39.0 Å². The van der Waals surface area contributed by atoms with Crippen LogP contribution in [0.2, 0.25) is 0 Å². The average Bonchev–Trinajstić information content (AvgIpc) is 1.91. The molecule has 0 spiro atoms. The Hall–Kier alpha value is 0.430. The summed E-state index contributed by atoms with van der Waals surface area (Å²) in [7, 11) is 0.820. The molecule has 0 aromatic carbocycles. The molecule has 0 aromatic rings. The Kier molecular flexibility index (Phi) is 3.58. The lowest BCUT2D eigenvalue weighted by atomic mass is 10.0. The van der Waals surface area contributed by atoms with Gasteiger partial charge in [-0.3, -0.25) is 0 Å². The molecule has 1 saturated carbocycles. The first-order valence-corrected chi connectivity index (χ1v) is 5.75. The van der Waals surface area contributed by atoms with Crippen molar-refractivity contribution < 1.29 is 0 Å². The van der Waals surface area contributed by atoms with E-state index in [2.05, 4.69) is 6.92 Å². The molecule has 1 heteroatoms. The predicted molar refractivity (Wildman–Crippen MR) is 47.1 cm³/mol. The molecule has 0 saturated heterocycles. The zero-order valence-electron chi connectivity index (χ0n) is 6.40. The Morgan fingerprint density at radius 3 is 2.44 bits per heavy atom. The fraction of sp³-hybridized carbons (Fsp3) is 1.00. The fourth-order valence-corrected chi connectivity index (χ4v) is 3.31. The molecule has 9 heavy (non-hydrogen) atoms. The van der Waals surface area contributed by atoms with Crippen molar-refractivity contribution in [3.63, 3.8) is 0 Å². The third kappa shape index (κ3) is 2.67. The van der Waals surface area contributed by atoms with Crippen LogP contribution < -0.4 is 0 Å².